The van der Waals surface area contributed by atoms with Gasteiger partial charge >= 0.3 is 0 Å². The second-order valence-electron chi connectivity index (χ2n) is 7.59. The van der Waals surface area contributed by atoms with E-state index in [2.05, 4.69) is 20.4 Å². The van der Waals surface area contributed by atoms with Gasteiger partial charge in [-0.05, 0) is 43.0 Å². The predicted octanol–water partition coefficient (Wildman–Crippen LogP) is 2.97. The summed E-state index contributed by atoms with van der Waals surface area (Å²) in [6.07, 6.45) is 3.29. The molecule has 4 rings (SSSR count). The third kappa shape index (κ3) is 5.72. The fourth-order valence-electron chi connectivity index (χ4n) is 3.40. The van der Waals surface area contributed by atoms with Crippen molar-refractivity contribution in [3.8, 4) is 5.75 Å². The van der Waals surface area contributed by atoms with Gasteiger partial charge in [0.1, 0.15) is 11.4 Å². The Morgan fingerprint density at radius 2 is 2.14 bits per heavy atom. The topological polar surface area (TPSA) is 79.5 Å². The number of hydrogen-bond donors (Lipinski definition) is 2. The highest BCUT2D eigenvalue weighted by molar-refractivity contribution is 6.32. The molecule has 2 N–H and O–H groups in total. The molecule has 156 valence electrons. The second kappa shape index (κ2) is 9.61. The molecule has 1 amide bonds. The monoisotopic (exact) mass is 418 g/mol. The highest BCUT2D eigenvalue weighted by Crippen LogP contribution is 2.39. The number of carbonyl (C=O) groups is 1. The van der Waals surface area contributed by atoms with E-state index in [1.807, 2.05) is 24.3 Å². The zero-order valence-electron chi connectivity index (χ0n) is 16.5. The maximum atomic E-state index is 12.3. The van der Waals surface area contributed by atoms with E-state index in [0.29, 0.717) is 35.5 Å². The molecule has 2 aromatic rings. The summed E-state index contributed by atoms with van der Waals surface area (Å²) in [5, 5.41) is 10.5. The largest absolute Gasteiger partial charge is 0.492 e. The van der Waals surface area contributed by atoms with E-state index in [4.69, 9.17) is 21.1 Å². The Labute approximate surface area is 175 Å². The van der Waals surface area contributed by atoms with Crippen molar-refractivity contribution in [2.45, 2.75) is 31.7 Å². The van der Waals surface area contributed by atoms with Crippen LogP contribution in [0.5, 0.6) is 5.75 Å². The molecule has 2 aliphatic rings. The summed E-state index contributed by atoms with van der Waals surface area (Å²) in [6.45, 7) is 5.61. The molecule has 1 aromatic carbocycles. The Hall–Kier alpha value is -2.09. The molecule has 1 saturated heterocycles. The molecule has 0 radical (unpaired) electrons. The van der Waals surface area contributed by atoms with Gasteiger partial charge in [0.2, 0.25) is 0 Å². The minimum absolute atomic E-state index is 0.187. The molecule has 1 aliphatic carbocycles. The van der Waals surface area contributed by atoms with Crippen LogP contribution in [0.4, 0.5) is 0 Å². The number of amides is 1. The molecule has 7 nitrogen and oxygen atoms in total. The molecule has 29 heavy (non-hydrogen) atoms. The summed E-state index contributed by atoms with van der Waals surface area (Å²) in [6, 6.07) is 7.45. The number of ether oxygens (including phenoxy) is 2. The number of aromatic nitrogens is 2. The van der Waals surface area contributed by atoms with Crippen molar-refractivity contribution in [2.24, 2.45) is 0 Å². The van der Waals surface area contributed by atoms with E-state index in [9.17, 15) is 4.79 Å². The van der Waals surface area contributed by atoms with Gasteiger partial charge in [0, 0.05) is 37.8 Å². The van der Waals surface area contributed by atoms with E-state index < -0.39 is 0 Å². The van der Waals surface area contributed by atoms with Gasteiger partial charge in [0.15, 0.2) is 0 Å². The molecule has 0 spiro atoms. The molecule has 1 aliphatic heterocycles. The van der Waals surface area contributed by atoms with Gasteiger partial charge in [-0.25, -0.2) is 0 Å². The minimum Gasteiger partial charge on any atom is -0.492 e. The molecule has 2 fully saturated rings. The van der Waals surface area contributed by atoms with Gasteiger partial charge in [0.25, 0.3) is 5.91 Å². The first-order valence-corrected chi connectivity index (χ1v) is 10.6. The molecule has 0 atom stereocenters. The fourth-order valence-corrected chi connectivity index (χ4v) is 3.65. The van der Waals surface area contributed by atoms with Crippen molar-refractivity contribution < 1.29 is 14.3 Å². The first-order valence-electron chi connectivity index (χ1n) is 10.2. The third-order valence-electron chi connectivity index (χ3n) is 5.28. The summed E-state index contributed by atoms with van der Waals surface area (Å²) >= 11 is 6.35. The lowest BCUT2D eigenvalue weighted by Gasteiger charge is -2.26. The van der Waals surface area contributed by atoms with Gasteiger partial charge < -0.3 is 14.8 Å². The lowest BCUT2D eigenvalue weighted by atomic mass is 10.2. The normalized spacial score (nSPS) is 17.3. The number of rotatable bonds is 9. The molecule has 8 heteroatoms. The maximum Gasteiger partial charge on any atom is 0.272 e. The molecule has 0 bridgehead atoms. The number of hydrogen-bond acceptors (Lipinski definition) is 5. The Balaban J connectivity index is 1.20. The van der Waals surface area contributed by atoms with Crippen molar-refractivity contribution in [3.05, 3.63) is 46.2 Å². The number of morpholine rings is 1. The van der Waals surface area contributed by atoms with E-state index in [-0.39, 0.29) is 5.91 Å². The number of nitrogens with one attached hydrogen (secondary N) is 2. The standard InChI is InChI=1S/C21H27ClN4O3/c22-17-12-15(14-23-21(27)19-13-18(24-25-19)16-3-4-16)2-5-20(17)29-9-1-6-26-7-10-28-11-8-26/h2,5,12-13,16H,1,3-4,6-11,14H2,(H,23,27)(H,24,25). The smallest absolute Gasteiger partial charge is 0.272 e. The number of halogens is 1. The van der Waals surface area contributed by atoms with Gasteiger partial charge in [-0.2, -0.15) is 5.10 Å². The first kappa shape index (κ1) is 20.2. The molecule has 1 aromatic heterocycles. The summed E-state index contributed by atoms with van der Waals surface area (Å²) in [4.78, 5) is 14.7. The van der Waals surface area contributed by atoms with Crippen molar-refractivity contribution in [1.29, 1.82) is 0 Å². The van der Waals surface area contributed by atoms with Crippen LogP contribution in [0.2, 0.25) is 5.02 Å². The summed E-state index contributed by atoms with van der Waals surface area (Å²) in [7, 11) is 0. The molecular formula is C21H27ClN4O3. The Bertz CT molecular complexity index is 831. The van der Waals surface area contributed by atoms with Crippen molar-refractivity contribution >= 4 is 17.5 Å². The van der Waals surface area contributed by atoms with Crippen LogP contribution >= 0.6 is 11.6 Å². The minimum atomic E-state index is -0.187. The molecule has 2 heterocycles. The molecule has 1 saturated carbocycles. The highest BCUT2D eigenvalue weighted by atomic mass is 35.5. The van der Waals surface area contributed by atoms with Crippen LogP contribution < -0.4 is 10.1 Å². The first-order chi connectivity index (χ1) is 14.2. The van der Waals surface area contributed by atoms with Crippen LogP contribution in [0.1, 0.15) is 46.9 Å². The summed E-state index contributed by atoms with van der Waals surface area (Å²) in [5.41, 5.74) is 2.40. The average Bonchev–Trinajstić information content (AvgIpc) is 3.48. The number of aromatic amines is 1. The fraction of sp³-hybridized carbons (Fsp3) is 0.524. The van der Waals surface area contributed by atoms with Crippen LogP contribution in [0.15, 0.2) is 24.3 Å². The van der Waals surface area contributed by atoms with Crippen LogP contribution in [0.3, 0.4) is 0 Å². The van der Waals surface area contributed by atoms with Crippen LogP contribution in [-0.2, 0) is 11.3 Å². The second-order valence-corrected chi connectivity index (χ2v) is 7.99. The van der Waals surface area contributed by atoms with Gasteiger partial charge in [-0.3, -0.25) is 14.8 Å². The van der Waals surface area contributed by atoms with E-state index in [0.717, 1.165) is 50.5 Å². The van der Waals surface area contributed by atoms with E-state index in [1.165, 1.54) is 12.8 Å². The average molecular weight is 419 g/mol. The van der Waals surface area contributed by atoms with Crippen molar-refractivity contribution in [1.82, 2.24) is 20.4 Å². The lowest BCUT2D eigenvalue weighted by Crippen LogP contribution is -2.37. The van der Waals surface area contributed by atoms with Gasteiger partial charge in [0.05, 0.1) is 24.8 Å². The SMILES string of the molecule is O=C(NCc1ccc(OCCCN2CCOCC2)c(Cl)c1)c1cc(C2CC2)[nH]n1. The van der Waals surface area contributed by atoms with Crippen LogP contribution in [-0.4, -0.2) is 60.5 Å². The van der Waals surface area contributed by atoms with Crippen molar-refractivity contribution in [2.75, 3.05) is 39.5 Å². The Kier molecular flexibility index (Phi) is 6.69. The van der Waals surface area contributed by atoms with Crippen LogP contribution in [0.25, 0.3) is 0 Å². The number of benzene rings is 1. The summed E-state index contributed by atoms with van der Waals surface area (Å²) in [5.74, 6) is 1.03. The maximum absolute atomic E-state index is 12.3. The third-order valence-corrected chi connectivity index (χ3v) is 5.57. The Morgan fingerprint density at radius 1 is 1.31 bits per heavy atom. The predicted molar refractivity (Wildman–Crippen MR) is 111 cm³/mol. The van der Waals surface area contributed by atoms with Gasteiger partial charge in [-0.1, -0.05) is 17.7 Å². The Morgan fingerprint density at radius 3 is 2.90 bits per heavy atom. The van der Waals surface area contributed by atoms with Crippen LogP contribution in [0, 0.1) is 0 Å². The summed E-state index contributed by atoms with van der Waals surface area (Å²) < 4.78 is 11.2. The number of H-pyrrole nitrogens is 1. The number of nitrogens with zero attached hydrogens (tertiary/aromatic N) is 2. The number of carbonyl (C=O) groups excluding carboxylic acids is 1. The molecule has 0 unspecified atom stereocenters. The zero-order chi connectivity index (χ0) is 20.1. The highest BCUT2D eigenvalue weighted by Gasteiger charge is 2.26. The molecular weight excluding hydrogens is 392 g/mol. The van der Waals surface area contributed by atoms with E-state index >= 15 is 0 Å². The quantitative estimate of drug-likeness (QED) is 0.612. The van der Waals surface area contributed by atoms with Crippen molar-refractivity contribution in [3.63, 3.8) is 0 Å². The zero-order valence-corrected chi connectivity index (χ0v) is 17.2. The van der Waals surface area contributed by atoms with Gasteiger partial charge in [-0.15, -0.1) is 0 Å². The lowest BCUT2D eigenvalue weighted by molar-refractivity contribution is 0.0358. The van der Waals surface area contributed by atoms with E-state index in [1.54, 1.807) is 0 Å².